The molecule has 6 aromatic rings. The van der Waals surface area contributed by atoms with E-state index in [9.17, 15) is 5.11 Å². The number of morpholine rings is 1. The Morgan fingerprint density at radius 2 is 1.69 bits per heavy atom. The molecule has 1 fully saturated rings. The van der Waals surface area contributed by atoms with E-state index >= 15 is 0 Å². The zero-order valence-electron chi connectivity index (χ0n) is 26.4. The lowest BCUT2D eigenvalue weighted by Crippen LogP contribution is -2.38. The van der Waals surface area contributed by atoms with E-state index in [0.717, 1.165) is 95.2 Å². The van der Waals surface area contributed by atoms with Crippen molar-refractivity contribution in [2.75, 3.05) is 32.8 Å². The van der Waals surface area contributed by atoms with Gasteiger partial charge in [0.25, 0.3) is 0 Å². The Kier molecular flexibility index (Phi) is 7.95. The summed E-state index contributed by atoms with van der Waals surface area (Å²) in [6.45, 7) is 14.2. The van der Waals surface area contributed by atoms with Crippen LogP contribution in [0.3, 0.4) is 0 Å². The topological polar surface area (TPSA) is 99.1 Å². The summed E-state index contributed by atoms with van der Waals surface area (Å²) in [4.78, 5) is 7.32. The smallest absolute Gasteiger partial charge is 0.181 e. The number of fused-ring (bicyclic) bond motifs is 2. The maximum Gasteiger partial charge on any atom is 0.181 e. The number of hydrogen-bond acceptors (Lipinski definition) is 7. The van der Waals surface area contributed by atoms with Crippen molar-refractivity contribution in [1.29, 1.82) is 0 Å². The zero-order chi connectivity index (χ0) is 31.1. The van der Waals surface area contributed by atoms with Gasteiger partial charge in [-0.2, -0.15) is 15.3 Å². The van der Waals surface area contributed by atoms with Crippen molar-refractivity contribution in [3.05, 3.63) is 89.5 Å². The van der Waals surface area contributed by atoms with Gasteiger partial charge in [-0.3, -0.25) is 14.3 Å². The Morgan fingerprint density at radius 3 is 2.47 bits per heavy atom. The van der Waals surface area contributed by atoms with Crippen LogP contribution in [-0.4, -0.2) is 77.2 Å². The Hall–Kier alpha value is -4.38. The number of ether oxygens (including phenoxy) is 1. The number of aliphatic hydroxyl groups excluding tert-OH is 1. The molecule has 0 unspecified atom stereocenters. The second-order valence-electron chi connectivity index (χ2n) is 12.3. The normalized spacial score (nSPS) is 15.1. The van der Waals surface area contributed by atoms with Gasteiger partial charge in [-0.15, -0.1) is 0 Å². The van der Waals surface area contributed by atoms with Gasteiger partial charge in [0.15, 0.2) is 5.65 Å². The molecular weight excluding hydrogens is 564 g/mol. The molecule has 4 aromatic heterocycles. The second-order valence-corrected chi connectivity index (χ2v) is 12.3. The van der Waals surface area contributed by atoms with Crippen LogP contribution in [0.1, 0.15) is 48.4 Å². The van der Waals surface area contributed by atoms with Crippen molar-refractivity contribution >= 4 is 21.9 Å². The predicted molar refractivity (Wildman–Crippen MR) is 176 cm³/mol. The zero-order valence-corrected chi connectivity index (χ0v) is 26.4. The summed E-state index contributed by atoms with van der Waals surface area (Å²) >= 11 is 0. The fourth-order valence-electron chi connectivity index (χ4n) is 6.47. The number of rotatable bonds is 9. The minimum absolute atomic E-state index is 0.249. The Balaban J connectivity index is 1.23. The van der Waals surface area contributed by atoms with Crippen LogP contribution >= 0.6 is 0 Å². The van der Waals surface area contributed by atoms with Crippen LogP contribution in [0.5, 0.6) is 0 Å². The molecule has 0 spiro atoms. The van der Waals surface area contributed by atoms with Crippen LogP contribution in [0.4, 0.5) is 0 Å². The molecule has 0 saturated carbocycles. The van der Waals surface area contributed by atoms with Gasteiger partial charge in [-0.25, -0.2) is 9.67 Å². The molecule has 45 heavy (non-hydrogen) atoms. The first-order chi connectivity index (χ1) is 21.9. The van der Waals surface area contributed by atoms with E-state index in [2.05, 4.69) is 44.0 Å². The fourth-order valence-corrected chi connectivity index (χ4v) is 6.47. The van der Waals surface area contributed by atoms with Crippen molar-refractivity contribution in [3.63, 3.8) is 0 Å². The maximum absolute atomic E-state index is 10.9. The number of aromatic nitrogens is 7. The summed E-state index contributed by atoms with van der Waals surface area (Å²) < 4.78 is 11.4. The minimum atomic E-state index is -0.647. The number of hydrogen-bond donors (Lipinski definition) is 1. The third kappa shape index (κ3) is 5.77. The molecule has 0 amide bonds. The molecule has 10 heteroatoms. The largest absolute Gasteiger partial charge is 0.386 e. The lowest BCUT2D eigenvalue weighted by atomic mass is 9.95. The van der Waals surface area contributed by atoms with E-state index in [4.69, 9.17) is 25.0 Å². The van der Waals surface area contributed by atoms with Crippen LogP contribution < -0.4 is 0 Å². The van der Waals surface area contributed by atoms with Gasteiger partial charge in [-0.1, -0.05) is 56.3 Å². The van der Waals surface area contributed by atoms with Crippen molar-refractivity contribution in [2.24, 2.45) is 0 Å². The van der Waals surface area contributed by atoms with Gasteiger partial charge in [0.2, 0.25) is 0 Å². The van der Waals surface area contributed by atoms with Crippen LogP contribution in [0.15, 0.2) is 67.0 Å². The van der Waals surface area contributed by atoms with E-state index in [-0.39, 0.29) is 5.92 Å². The van der Waals surface area contributed by atoms with E-state index in [1.807, 2.05) is 69.6 Å². The van der Waals surface area contributed by atoms with Gasteiger partial charge in [0, 0.05) is 59.6 Å². The van der Waals surface area contributed by atoms with E-state index in [0.29, 0.717) is 6.54 Å². The molecule has 0 radical (unpaired) electrons. The molecule has 0 bridgehead atoms. The van der Waals surface area contributed by atoms with E-state index < -0.39 is 6.10 Å². The SMILES string of the molecule is Cc1nc2nn(CCN3CCOCC3)cc2cc1-n1nc(-c2cccc3nn(C[C@H](O)c4ccccc4)cc23)c(C(C)C)c1C. The van der Waals surface area contributed by atoms with Crippen LogP contribution in [0.2, 0.25) is 0 Å². The highest BCUT2D eigenvalue weighted by Crippen LogP contribution is 2.37. The molecule has 0 aliphatic carbocycles. The Morgan fingerprint density at radius 1 is 0.889 bits per heavy atom. The van der Waals surface area contributed by atoms with Gasteiger partial charge in [-0.05, 0) is 37.5 Å². The number of benzene rings is 2. The molecule has 232 valence electrons. The number of aryl methyl sites for hydroxylation is 1. The molecular formula is C35H40N8O2. The van der Waals surface area contributed by atoms with Crippen molar-refractivity contribution in [3.8, 4) is 16.9 Å². The van der Waals surface area contributed by atoms with Crippen molar-refractivity contribution < 1.29 is 9.84 Å². The Labute approximate surface area is 262 Å². The van der Waals surface area contributed by atoms with E-state index in [1.165, 1.54) is 5.56 Å². The summed E-state index contributed by atoms with van der Waals surface area (Å²) in [5.74, 6) is 0.249. The first-order valence-corrected chi connectivity index (χ1v) is 15.8. The highest BCUT2D eigenvalue weighted by molar-refractivity contribution is 5.94. The van der Waals surface area contributed by atoms with Crippen LogP contribution in [-0.2, 0) is 17.8 Å². The van der Waals surface area contributed by atoms with Crippen molar-refractivity contribution in [2.45, 2.75) is 52.8 Å². The third-order valence-electron chi connectivity index (χ3n) is 8.82. The first-order valence-electron chi connectivity index (χ1n) is 15.8. The van der Waals surface area contributed by atoms with Gasteiger partial charge < -0.3 is 9.84 Å². The first kappa shape index (κ1) is 29.3. The maximum atomic E-state index is 10.9. The quantitative estimate of drug-likeness (QED) is 0.235. The molecule has 10 nitrogen and oxygen atoms in total. The number of aliphatic hydroxyl groups is 1. The fraction of sp³-hybridized carbons (Fsp3) is 0.371. The molecule has 7 rings (SSSR count). The van der Waals surface area contributed by atoms with Crippen molar-refractivity contribution in [1.82, 2.24) is 39.2 Å². The van der Waals surface area contributed by atoms with Gasteiger partial charge >= 0.3 is 0 Å². The molecule has 5 heterocycles. The Bertz CT molecular complexity index is 1950. The standard InChI is InChI=1S/C35H40N8O2/c1-23(2)33-25(4)43(31-19-27-20-41(39-35(27)36-24(31)3)14-13-40-15-17-45-18-16-40)38-34(33)28-11-8-12-30-29(28)21-42(37-30)22-32(44)26-9-6-5-7-10-26/h5-12,19-21,23,32,44H,13-18,22H2,1-4H3/t32-/m0/s1. The lowest BCUT2D eigenvalue weighted by Gasteiger charge is -2.26. The van der Waals surface area contributed by atoms with E-state index in [1.54, 1.807) is 0 Å². The highest BCUT2D eigenvalue weighted by atomic mass is 16.5. The number of nitrogens with zero attached hydrogens (tertiary/aromatic N) is 8. The summed E-state index contributed by atoms with van der Waals surface area (Å²) in [6, 6.07) is 18.0. The van der Waals surface area contributed by atoms with Gasteiger partial charge in [0.1, 0.15) is 0 Å². The summed E-state index contributed by atoms with van der Waals surface area (Å²) in [5, 5.41) is 27.7. The summed E-state index contributed by atoms with van der Waals surface area (Å²) in [6.07, 6.45) is 3.47. The highest BCUT2D eigenvalue weighted by Gasteiger charge is 2.24. The molecule has 1 atom stereocenters. The average molecular weight is 605 g/mol. The molecule has 1 aliphatic rings. The molecule has 1 N–H and O–H groups in total. The second kappa shape index (κ2) is 12.2. The number of pyridine rings is 1. The summed E-state index contributed by atoms with van der Waals surface area (Å²) in [7, 11) is 0. The van der Waals surface area contributed by atoms with Crippen LogP contribution in [0, 0.1) is 13.8 Å². The molecule has 2 aromatic carbocycles. The lowest BCUT2D eigenvalue weighted by molar-refractivity contribution is 0.0360. The minimum Gasteiger partial charge on any atom is -0.386 e. The monoisotopic (exact) mass is 604 g/mol. The summed E-state index contributed by atoms with van der Waals surface area (Å²) in [5.41, 5.74) is 8.59. The van der Waals surface area contributed by atoms with Gasteiger partial charge in [0.05, 0.1) is 55.0 Å². The molecule has 1 aliphatic heterocycles. The third-order valence-corrected chi connectivity index (χ3v) is 8.82. The average Bonchev–Trinajstić information content (AvgIpc) is 3.74. The predicted octanol–water partition coefficient (Wildman–Crippen LogP) is 5.44. The van der Waals surface area contributed by atoms with Crippen LogP contribution in [0.25, 0.3) is 38.9 Å². The molecule has 1 saturated heterocycles.